The lowest BCUT2D eigenvalue weighted by Gasteiger charge is -2.27. The molecule has 0 radical (unpaired) electrons. The predicted octanol–water partition coefficient (Wildman–Crippen LogP) is 2.94. The molecule has 0 saturated carbocycles. The maximum atomic E-state index is 5.68. The molecule has 1 saturated heterocycles. The minimum Gasteiger partial charge on any atom is -0.349 e. The van der Waals surface area contributed by atoms with Crippen LogP contribution in [-0.4, -0.2) is 23.1 Å². The fourth-order valence-corrected chi connectivity index (χ4v) is 3.36. The van der Waals surface area contributed by atoms with Gasteiger partial charge in [0.05, 0.1) is 6.04 Å². The zero-order chi connectivity index (χ0) is 15.5. The average Bonchev–Trinajstić information content (AvgIpc) is 2.97. The molecule has 2 aromatic rings. The fourth-order valence-electron chi connectivity index (χ4n) is 3.36. The number of nitrogens with zero attached hydrogens (tertiary/aromatic N) is 3. The van der Waals surface area contributed by atoms with E-state index in [2.05, 4.69) is 52.1 Å². The summed E-state index contributed by atoms with van der Waals surface area (Å²) in [5, 5.41) is 0. The van der Waals surface area contributed by atoms with E-state index in [1.165, 1.54) is 24.0 Å². The normalized spacial score (nSPS) is 18.0. The Bertz CT molecular complexity index is 653. The first kappa shape index (κ1) is 15.0. The second-order valence-corrected chi connectivity index (χ2v) is 6.01. The molecule has 2 heterocycles. The molecule has 3 rings (SSSR count). The molecule has 22 heavy (non-hydrogen) atoms. The smallest absolute Gasteiger partial charge is 0.133 e. The molecule has 4 nitrogen and oxygen atoms in total. The van der Waals surface area contributed by atoms with Crippen molar-refractivity contribution >= 4 is 5.82 Å². The lowest BCUT2D eigenvalue weighted by molar-refractivity contribution is 0.702. The van der Waals surface area contributed by atoms with Gasteiger partial charge >= 0.3 is 0 Å². The summed E-state index contributed by atoms with van der Waals surface area (Å²) in [6.45, 7) is 5.83. The Morgan fingerprint density at radius 3 is 2.82 bits per heavy atom. The van der Waals surface area contributed by atoms with Gasteiger partial charge in [0, 0.05) is 24.7 Å². The van der Waals surface area contributed by atoms with Crippen LogP contribution in [0.3, 0.4) is 0 Å². The van der Waals surface area contributed by atoms with Gasteiger partial charge in [0.15, 0.2) is 0 Å². The van der Waals surface area contributed by atoms with Gasteiger partial charge in [0.2, 0.25) is 0 Å². The number of aromatic nitrogens is 2. The Hall–Kier alpha value is -1.94. The third-order valence-corrected chi connectivity index (χ3v) is 4.37. The van der Waals surface area contributed by atoms with E-state index in [0.29, 0.717) is 12.6 Å². The molecular formula is C18H24N4. The molecule has 4 heteroatoms. The fraction of sp³-hybridized carbons (Fsp3) is 0.444. The number of benzene rings is 1. The molecule has 1 aromatic carbocycles. The minimum absolute atomic E-state index is 0.418. The number of rotatable bonds is 4. The summed E-state index contributed by atoms with van der Waals surface area (Å²) in [4.78, 5) is 11.6. The highest BCUT2D eigenvalue weighted by Crippen LogP contribution is 2.36. The summed E-state index contributed by atoms with van der Waals surface area (Å²) in [5.41, 5.74) is 9.49. The van der Waals surface area contributed by atoms with E-state index in [1.807, 2.05) is 6.92 Å². The van der Waals surface area contributed by atoms with Crippen molar-refractivity contribution in [1.82, 2.24) is 9.97 Å². The van der Waals surface area contributed by atoms with Crippen molar-refractivity contribution in [3.8, 4) is 0 Å². The first-order valence-corrected chi connectivity index (χ1v) is 8.06. The highest BCUT2D eigenvalue weighted by Gasteiger charge is 2.28. The van der Waals surface area contributed by atoms with E-state index < -0.39 is 0 Å². The summed E-state index contributed by atoms with van der Waals surface area (Å²) >= 11 is 0. The van der Waals surface area contributed by atoms with Crippen LogP contribution in [0, 0.1) is 13.8 Å². The van der Waals surface area contributed by atoms with Crippen LogP contribution in [0.15, 0.2) is 30.3 Å². The molecule has 1 aromatic heterocycles. The van der Waals surface area contributed by atoms with Crippen molar-refractivity contribution in [1.29, 1.82) is 0 Å². The van der Waals surface area contributed by atoms with Crippen molar-refractivity contribution in [2.45, 2.75) is 39.2 Å². The zero-order valence-electron chi connectivity index (χ0n) is 13.4. The maximum absolute atomic E-state index is 5.68. The third kappa shape index (κ3) is 2.97. The summed E-state index contributed by atoms with van der Waals surface area (Å²) in [6, 6.07) is 11.2. The van der Waals surface area contributed by atoms with Gasteiger partial charge in [-0.15, -0.1) is 0 Å². The maximum Gasteiger partial charge on any atom is 0.133 e. The van der Waals surface area contributed by atoms with Gasteiger partial charge in [-0.3, -0.25) is 0 Å². The Labute approximate surface area is 132 Å². The van der Waals surface area contributed by atoms with Crippen molar-refractivity contribution in [2.75, 3.05) is 18.0 Å². The molecule has 1 unspecified atom stereocenters. The van der Waals surface area contributed by atoms with E-state index in [1.54, 1.807) is 0 Å². The number of anilines is 1. The number of hydrogen-bond acceptors (Lipinski definition) is 4. The van der Waals surface area contributed by atoms with Crippen molar-refractivity contribution in [3.05, 3.63) is 53.0 Å². The zero-order valence-corrected chi connectivity index (χ0v) is 13.4. The van der Waals surface area contributed by atoms with Gasteiger partial charge in [-0.1, -0.05) is 24.3 Å². The molecule has 1 aliphatic heterocycles. The minimum atomic E-state index is 0.418. The van der Waals surface area contributed by atoms with E-state index >= 15 is 0 Å². The van der Waals surface area contributed by atoms with E-state index in [-0.39, 0.29) is 0 Å². The van der Waals surface area contributed by atoms with Crippen LogP contribution in [0.5, 0.6) is 0 Å². The highest BCUT2D eigenvalue weighted by atomic mass is 15.2. The van der Waals surface area contributed by atoms with E-state index in [9.17, 15) is 0 Å². The number of hydrogen-bond donors (Lipinski definition) is 1. The quantitative estimate of drug-likeness (QED) is 0.942. The highest BCUT2D eigenvalue weighted by molar-refractivity contribution is 5.46. The van der Waals surface area contributed by atoms with E-state index in [4.69, 9.17) is 5.73 Å². The SMILES string of the molecule is Cc1nc(CCN)cc(N2CCCC2c2ccccc2C)n1. The third-order valence-electron chi connectivity index (χ3n) is 4.37. The Balaban J connectivity index is 1.95. The van der Waals surface area contributed by atoms with Gasteiger partial charge < -0.3 is 10.6 Å². The first-order chi connectivity index (χ1) is 10.7. The topological polar surface area (TPSA) is 55.0 Å². The average molecular weight is 296 g/mol. The van der Waals surface area contributed by atoms with Crippen molar-refractivity contribution in [2.24, 2.45) is 5.73 Å². The molecular weight excluding hydrogens is 272 g/mol. The van der Waals surface area contributed by atoms with Gasteiger partial charge in [-0.2, -0.15) is 0 Å². The van der Waals surface area contributed by atoms with Gasteiger partial charge in [0.1, 0.15) is 11.6 Å². The monoisotopic (exact) mass is 296 g/mol. The molecule has 0 spiro atoms. The first-order valence-electron chi connectivity index (χ1n) is 8.06. The van der Waals surface area contributed by atoms with Crippen LogP contribution >= 0.6 is 0 Å². The Kier molecular flexibility index (Phi) is 4.39. The molecule has 0 aliphatic carbocycles. The van der Waals surface area contributed by atoms with Gasteiger partial charge in [-0.25, -0.2) is 9.97 Å². The van der Waals surface area contributed by atoms with Crippen molar-refractivity contribution in [3.63, 3.8) is 0 Å². The van der Waals surface area contributed by atoms with Crippen LogP contribution < -0.4 is 10.6 Å². The standard InChI is InChI=1S/C18H24N4/c1-13-6-3-4-7-16(13)17-8-5-11-22(17)18-12-15(9-10-19)20-14(2)21-18/h3-4,6-7,12,17H,5,8-11,19H2,1-2H3. The van der Waals surface area contributed by atoms with Crippen molar-refractivity contribution < 1.29 is 0 Å². The lowest BCUT2D eigenvalue weighted by atomic mass is 9.99. The summed E-state index contributed by atoms with van der Waals surface area (Å²) < 4.78 is 0. The number of nitrogens with two attached hydrogens (primary N) is 1. The molecule has 0 amide bonds. The Morgan fingerprint density at radius 2 is 2.05 bits per heavy atom. The van der Waals surface area contributed by atoms with Crippen LogP contribution in [0.25, 0.3) is 0 Å². The molecule has 1 aliphatic rings. The molecule has 1 atom stereocenters. The second-order valence-electron chi connectivity index (χ2n) is 6.01. The molecule has 116 valence electrons. The summed E-state index contributed by atoms with van der Waals surface area (Å²) in [6.07, 6.45) is 3.19. The molecule has 0 bridgehead atoms. The van der Waals surface area contributed by atoms with Crippen LogP contribution in [-0.2, 0) is 6.42 Å². The predicted molar refractivity (Wildman–Crippen MR) is 90.0 cm³/mol. The second kappa shape index (κ2) is 6.44. The summed E-state index contributed by atoms with van der Waals surface area (Å²) in [5.74, 6) is 1.87. The van der Waals surface area contributed by atoms with Gasteiger partial charge in [-0.05, 0) is 44.4 Å². The van der Waals surface area contributed by atoms with Gasteiger partial charge in [0.25, 0.3) is 0 Å². The van der Waals surface area contributed by atoms with E-state index in [0.717, 1.165) is 30.3 Å². The lowest BCUT2D eigenvalue weighted by Crippen LogP contribution is -2.25. The summed E-state index contributed by atoms with van der Waals surface area (Å²) in [7, 11) is 0. The largest absolute Gasteiger partial charge is 0.349 e. The van der Waals surface area contributed by atoms with Crippen LogP contribution in [0.4, 0.5) is 5.82 Å². The molecule has 2 N–H and O–H groups in total. The molecule has 1 fully saturated rings. The number of aryl methyl sites for hydroxylation is 2. The Morgan fingerprint density at radius 1 is 1.23 bits per heavy atom. The van der Waals surface area contributed by atoms with Crippen LogP contribution in [0.2, 0.25) is 0 Å². The van der Waals surface area contributed by atoms with Crippen LogP contribution in [0.1, 0.15) is 41.5 Å².